The SMILES string of the molecule is CCC1CCN(CC(N)C2CC2)C1. The highest BCUT2D eigenvalue weighted by atomic mass is 15.2. The van der Waals surface area contributed by atoms with Crippen molar-refractivity contribution in [1.29, 1.82) is 0 Å². The molecule has 1 saturated heterocycles. The zero-order valence-electron chi connectivity index (χ0n) is 8.71. The Morgan fingerprint density at radius 3 is 2.69 bits per heavy atom. The molecule has 2 fully saturated rings. The summed E-state index contributed by atoms with van der Waals surface area (Å²) in [4.78, 5) is 2.57. The molecule has 0 aromatic carbocycles. The van der Waals surface area contributed by atoms with Gasteiger partial charge < -0.3 is 10.6 Å². The van der Waals surface area contributed by atoms with Crippen LogP contribution in [0.2, 0.25) is 0 Å². The largest absolute Gasteiger partial charge is 0.326 e. The van der Waals surface area contributed by atoms with Crippen LogP contribution < -0.4 is 5.73 Å². The number of hydrogen-bond donors (Lipinski definition) is 1. The fourth-order valence-corrected chi connectivity index (χ4v) is 2.38. The van der Waals surface area contributed by atoms with Crippen LogP contribution in [0.4, 0.5) is 0 Å². The van der Waals surface area contributed by atoms with E-state index in [4.69, 9.17) is 5.73 Å². The number of hydrogen-bond acceptors (Lipinski definition) is 2. The molecule has 2 unspecified atom stereocenters. The van der Waals surface area contributed by atoms with Gasteiger partial charge in [0.05, 0.1) is 0 Å². The van der Waals surface area contributed by atoms with E-state index in [2.05, 4.69) is 11.8 Å². The lowest BCUT2D eigenvalue weighted by Crippen LogP contribution is -2.37. The second-order valence-corrected chi connectivity index (χ2v) is 4.82. The summed E-state index contributed by atoms with van der Waals surface area (Å²) in [5.41, 5.74) is 6.10. The summed E-state index contributed by atoms with van der Waals surface area (Å²) in [6.07, 6.45) is 5.50. The Kier molecular flexibility index (Phi) is 2.89. The highest BCUT2D eigenvalue weighted by Gasteiger charge is 2.31. The molecular weight excluding hydrogens is 160 g/mol. The summed E-state index contributed by atoms with van der Waals surface area (Å²) in [6.45, 7) is 6.05. The van der Waals surface area contributed by atoms with Crippen molar-refractivity contribution in [3.63, 3.8) is 0 Å². The minimum atomic E-state index is 0.468. The van der Waals surface area contributed by atoms with E-state index >= 15 is 0 Å². The molecule has 2 nitrogen and oxygen atoms in total. The highest BCUT2D eigenvalue weighted by molar-refractivity contribution is 4.87. The van der Waals surface area contributed by atoms with Crippen LogP contribution in [0.15, 0.2) is 0 Å². The molecule has 13 heavy (non-hydrogen) atoms. The number of rotatable bonds is 4. The van der Waals surface area contributed by atoms with Gasteiger partial charge in [-0.1, -0.05) is 13.3 Å². The Morgan fingerprint density at radius 2 is 2.15 bits per heavy atom. The predicted octanol–water partition coefficient (Wildman–Crippen LogP) is 1.46. The van der Waals surface area contributed by atoms with E-state index in [0.717, 1.165) is 18.4 Å². The lowest BCUT2D eigenvalue weighted by atomic mass is 10.1. The fraction of sp³-hybridized carbons (Fsp3) is 1.00. The number of likely N-dealkylation sites (tertiary alicyclic amines) is 1. The molecule has 0 aromatic heterocycles. The lowest BCUT2D eigenvalue weighted by molar-refractivity contribution is 0.290. The average molecular weight is 182 g/mol. The molecule has 1 aliphatic carbocycles. The molecule has 1 heterocycles. The summed E-state index contributed by atoms with van der Waals surface area (Å²) < 4.78 is 0. The van der Waals surface area contributed by atoms with Crippen LogP contribution in [-0.2, 0) is 0 Å². The molecule has 1 saturated carbocycles. The summed E-state index contributed by atoms with van der Waals surface area (Å²) >= 11 is 0. The standard InChI is InChI=1S/C11H22N2/c1-2-9-5-6-13(7-9)8-11(12)10-3-4-10/h9-11H,2-8,12H2,1H3. The molecule has 0 radical (unpaired) electrons. The van der Waals surface area contributed by atoms with Crippen LogP contribution >= 0.6 is 0 Å². The number of nitrogens with zero attached hydrogens (tertiary/aromatic N) is 1. The van der Waals surface area contributed by atoms with E-state index < -0.39 is 0 Å². The number of nitrogens with two attached hydrogens (primary N) is 1. The van der Waals surface area contributed by atoms with Crippen molar-refractivity contribution in [2.24, 2.45) is 17.6 Å². The molecule has 76 valence electrons. The van der Waals surface area contributed by atoms with Crippen LogP contribution in [0.3, 0.4) is 0 Å². The molecule has 0 amide bonds. The van der Waals surface area contributed by atoms with Gasteiger partial charge in [-0.25, -0.2) is 0 Å². The van der Waals surface area contributed by atoms with Crippen molar-refractivity contribution in [3.05, 3.63) is 0 Å². The van der Waals surface area contributed by atoms with Gasteiger partial charge >= 0.3 is 0 Å². The van der Waals surface area contributed by atoms with Crippen molar-refractivity contribution in [1.82, 2.24) is 4.90 Å². The third kappa shape index (κ3) is 2.44. The molecule has 2 heteroatoms. The summed E-state index contributed by atoms with van der Waals surface area (Å²) in [5, 5.41) is 0. The molecule has 2 rings (SSSR count). The van der Waals surface area contributed by atoms with E-state index in [1.807, 2.05) is 0 Å². The Bertz CT molecular complexity index is 165. The molecule has 2 aliphatic rings. The molecule has 0 aromatic rings. The van der Waals surface area contributed by atoms with Gasteiger partial charge in [0, 0.05) is 19.1 Å². The van der Waals surface area contributed by atoms with Crippen molar-refractivity contribution >= 4 is 0 Å². The van der Waals surface area contributed by atoms with E-state index in [9.17, 15) is 0 Å². The highest BCUT2D eigenvalue weighted by Crippen LogP contribution is 2.32. The zero-order valence-corrected chi connectivity index (χ0v) is 8.71. The minimum Gasteiger partial charge on any atom is -0.326 e. The molecule has 1 aliphatic heterocycles. The first-order valence-electron chi connectivity index (χ1n) is 5.77. The van der Waals surface area contributed by atoms with Crippen LogP contribution in [0.1, 0.15) is 32.6 Å². The van der Waals surface area contributed by atoms with Gasteiger partial charge in [0.2, 0.25) is 0 Å². The molecule has 0 spiro atoms. The first-order valence-corrected chi connectivity index (χ1v) is 5.77. The van der Waals surface area contributed by atoms with Crippen molar-refractivity contribution < 1.29 is 0 Å². The maximum Gasteiger partial charge on any atom is 0.0196 e. The van der Waals surface area contributed by atoms with E-state index in [0.29, 0.717) is 6.04 Å². The van der Waals surface area contributed by atoms with Crippen LogP contribution in [0.25, 0.3) is 0 Å². The van der Waals surface area contributed by atoms with E-state index in [1.54, 1.807) is 0 Å². The lowest BCUT2D eigenvalue weighted by Gasteiger charge is -2.20. The molecular formula is C11H22N2. The maximum atomic E-state index is 6.10. The van der Waals surface area contributed by atoms with Gasteiger partial charge in [-0.05, 0) is 37.6 Å². The third-order valence-electron chi connectivity index (χ3n) is 3.64. The Hall–Kier alpha value is -0.0800. The van der Waals surface area contributed by atoms with Gasteiger partial charge in [0.1, 0.15) is 0 Å². The Labute approximate surface area is 81.5 Å². The van der Waals surface area contributed by atoms with Crippen molar-refractivity contribution in [2.75, 3.05) is 19.6 Å². The predicted molar refractivity (Wildman–Crippen MR) is 55.5 cm³/mol. The van der Waals surface area contributed by atoms with Crippen molar-refractivity contribution in [2.45, 2.75) is 38.6 Å². The molecule has 2 atom stereocenters. The maximum absolute atomic E-state index is 6.10. The third-order valence-corrected chi connectivity index (χ3v) is 3.64. The van der Waals surface area contributed by atoms with E-state index in [-0.39, 0.29) is 0 Å². The fourth-order valence-electron chi connectivity index (χ4n) is 2.38. The van der Waals surface area contributed by atoms with Crippen LogP contribution in [0, 0.1) is 11.8 Å². The van der Waals surface area contributed by atoms with E-state index in [1.165, 1.54) is 38.8 Å². The first kappa shape index (κ1) is 9.47. The van der Waals surface area contributed by atoms with Gasteiger partial charge in [-0.2, -0.15) is 0 Å². The Morgan fingerprint density at radius 1 is 1.38 bits per heavy atom. The zero-order chi connectivity index (χ0) is 9.26. The average Bonchev–Trinajstić information content (AvgIpc) is 2.88. The topological polar surface area (TPSA) is 29.3 Å². The van der Waals surface area contributed by atoms with Crippen LogP contribution in [-0.4, -0.2) is 30.6 Å². The smallest absolute Gasteiger partial charge is 0.0196 e. The van der Waals surface area contributed by atoms with Gasteiger partial charge in [-0.3, -0.25) is 0 Å². The first-order chi connectivity index (χ1) is 6.29. The summed E-state index contributed by atoms with van der Waals surface area (Å²) in [5.74, 6) is 1.81. The quantitative estimate of drug-likeness (QED) is 0.713. The minimum absolute atomic E-state index is 0.468. The van der Waals surface area contributed by atoms with Crippen molar-refractivity contribution in [3.8, 4) is 0 Å². The second kappa shape index (κ2) is 3.97. The monoisotopic (exact) mass is 182 g/mol. The second-order valence-electron chi connectivity index (χ2n) is 4.82. The normalized spacial score (nSPS) is 32.3. The molecule has 2 N–H and O–H groups in total. The molecule has 0 bridgehead atoms. The van der Waals surface area contributed by atoms with Crippen LogP contribution in [0.5, 0.6) is 0 Å². The van der Waals surface area contributed by atoms with Gasteiger partial charge in [0.25, 0.3) is 0 Å². The summed E-state index contributed by atoms with van der Waals surface area (Å²) in [6, 6.07) is 0.468. The summed E-state index contributed by atoms with van der Waals surface area (Å²) in [7, 11) is 0. The Balaban J connectivity index is 1.70. The van der Waals surface area contributed by atoms with Gasteiger partial charge in [0.15, 0.2) is 0 Å². The van der Waals surface area contributed by atoms with Gasteiger partial charge in [-0.15, -0.1) is 0 Å².